The molecule has 118 valence electrons. The molecule has 0 aliphatic rings. The van der Waals surface area contributed by atoms with Gasteiger partial charge >= 0.3 is 5.69 Å². The van der Waals surface area contributed by atoms with Crippen LogP contribution in [0.5, 0.6) is 5.75 Å². The number of methoxy groups -OCH3 is 1. The Labute approximate surface area is 132 Å². The van der Waals surface area contributed by atoms with E-state index in [2.05, 4.69) is 10.3 Å². The SMILES string of the molecule is COc1ccc(CC(=O)Nc2ccc3c(c2)[nH]c(=O)n3C)cc1. The molecule has 0 spiro atoms. The molecule has 0 unspecified atom stereocenters. The number of aromatic amines is 1. The summed E-state index contributed by atoms with van der Waals surface area (Å²) in [5, 5.41) is 2.84. The molecule has 0 saturated carbocycles. The molecule has 3 aromatic rings. The van der Waals surface area contributed by atoms with Crippen molar-refractivity contribution >= 4 is 22.6 Å². The second-order valence-electron chi connectivity index (χ2n) is 5.29. The fraction of sp³-hybridized carbons (Fsp3) is 0.176. The molecule has 0 aliphatic carbocycles. The molecule has 1 aromatic heterocycles. The standard InChI is InChI=1S/C17H17N3O3/c1-20-15-8-5-12(10-14(15)19-17(20)22)18-16(21)9-11-3-6-13(23-2)7-4-11/h3-8,10H,9H2,1-2H3,(H,18,21)(H,19,22). The maximum Gasteiger partial charge on any atom is 0.326 e. The molecule has 2 N–H and O–H groups in total. The van der Waals surface area contributed by atoms with Gasteiger partial charge in [-0.25, -0.2) is 4.79 Å². The minimum atomic E-state index is -0.179. The minimum Gasteiger partial charge on any atom is -0.497 e. The van der Waals surface area contributed by atoms with Gasteiger partial charge in [-0.2, -0.15) is 0 Å². The molecule has 0 atom stereocenters. The molecule has 6 heteroatoms. The second kappa shape index (κ2) is 6.00. The van der Waals surface area contributed by atoms with Crippen molar-refractivity contribution in [3.8, 4) is 5.75 Å². The van der Waals surface area contributed by atoms with Crippen molar-refractivity contribution in [1.82, 2.24) is 9.55 Å². The third kappa shape index (κ3) is 3.11. The van der Waals surface area contributed by atoms with E-state index < -0.39 is 0 Å². The predicted octanol–water partition coefficient (Wildman–Crippen LogP) is 2.06. The highest BCUT2D eigenvalue weighted by atomic mass is 16.5. The van der Waals surface area contributed by atoms with E-state index in [-0.39, 0.29) is 18.0 Å². The molecule has 6 nitrogen and oxygen atoms in total. The van der Waals surface area contributed by atoms with Crippen LogP contribution in [0.15, 0.2) is 47.3 Å². The van der Waals surface area contributed by atoms with Gasteiger partial charge in [0.1, 0.15) is 5.75 Å². The van der Waals surface area contributed by atoms with Gasteiger partial charge in [0.05, 0.1) is 24.6 Å². The molecular formula is C17H17N3O3. The van der Waals surface area contributed by atoms with E-state index in [4.69, 9.17) is 4.74 Å². The second-order valence-corrected chi connectivity index (χ2v) is 5.29. The Bertz CT molecular complexity index is 907. The highest BCUT2D eigenvalue weighted by Gasteiger charge is 2.07. The Kier molecular flexibility index (Phi) is 3.89. The lowest BCUT2D eigenvalue weighted by Gasteiger charge is -2.06. The number of nitrogens with zero attached hydrogens (tertiary/aromatic N) is 1. The highest BCUT2D eigenvalue weighted by molar-refractivity contribution is 5.94. The summed E-state index contributed by atoms with van der Waals surface area (Å²) in [6.07, 6.45) is 0.271. The van der Waals surface area contributed by atoms with Crippen molar-refractivity contribution in [2.75, 3.05) is 12.4 Å². The van der Waals surface area contributed by atoms with Crippen LogP contribution < -0.4 is 15.7 Å². The first-order valence-electron chi connectivity index (χ1n) is 7.18. The van der Waals surface area contributed by atoms with Gasteiger partial charge in [-0.3, -0.25) is 9.36 Å². The number of hydrogen-bond donors (Lipinski definition) is 2. The average Bonchev–Trinajstić information content (AvgIpc) is 2.82. The Morgan fingerprint density at radius 3 is 2.65 bits per heavy atom. The first kappa shape index (κ1) is 14.9. The summed E-state index contributed by atoms with van der Waals surface area (Å²) >= 11 is 0. The number of aromatic nitrogens is 2. The number of H-pyrrole nitrogens is 1. The maximum absolute atomic E-state index is 12.1. The third-order valence-electron chi connectivity index (χ3n) is 3.71. The van der Waals surface area contributed by atoms with E-state index in [1.807, 2.05) is 24.3 Å². The van der Waals surface area contributed by atoms with Crippen molar-refractivity contribution in [3.05, 3.63) is 58.5 Å². The van der Waals surface area contributed by atoms with Crippen LogP contribution in [0.25, 0.3) is 11.0 Å². The molecular weight excluding hydrogens is 294 g/mol. The Morgan fingerprint density at radius 2 is 1.96 bits per heavy atom. The van der Waals surface area contributed by atoms with E-state index in [0.717, 1.165) is 16.8 Å². The molecule has 0 saturated heterocycles. The van der Waals surface area contributed by atoms with Gasteiger partial charge in [-0.05, 0) is 35.9 Å². The van der Waals surface area contributed by atoms with Gasteiger partial charge in [0, 0.05) is 12.7 Å². The van der Waals surface area contributed by atoms with Crippen molar-refractivity contribution < 1.29 is 9.53 Å². The zero-order chi connectivity index (χ0) is 16.4. The number of ether oxygens (including phenoxy) is 1. The Hall–Kier alpha value is -3.02. The summed E-state index contributed by atoms with van der Waals surface area (Å²) in [6.45, 7) is 0. The molecule has 0 bridgehead atoms. The van der Waals surface area contributed by atoms with Crippen LogP contribution in [0.4, 0.5) is 5.69 Å². The summed E-state index contributed by atoms with van der Waals surface area (Å²) in [5.74, 6) is 0.639. The van der Waals surface area contributed by atoms with Gasteiger partial charge in [-0.15, -0.1) is 0 Å². The summed E-state index contributed by atoms with van der Waals surface area (Å²) in [4.78, 5) is 26.4. The summed E-state index contributed by atoms with van der Waals surface area (Å²) in [5.41, 5.74) is 2.86. The van der Waals surface area contributed by atoms with Crippen LogP contribution >= 0.6 is 0 Å². The summed E-state index contributed by atoms with van der Waals surface area (Å²) < 4.78 is 6.62. The third-order valence-corrected chi connectivity index (χ3v) is 3.71. The van der Waals surface area contributed by atoms with Gasteiger partial charge in [-0.1, -0.05) is 12.1 Å². The number of benzene rings is 2. The minimum absolute atomic E-state index is 0.118. The molecule has 1 amide bonds. The first-order chi connectivity index (χ1) is 11.1. The zero-order valence-electron chi connectivity index (χ0n) is 12.9. The molecule has 1 heterocycles. The number of amides is 1. The van der Waals surface area contributed by atoms with Crippen molar-refractivity contribution in [3.63, 3.8) is 0 Å². The van der Waals surface area contributed by atoms with Crippen LogP contribution in [-0.2, 0) is 18.3 Å². The molecule has 3 rings (SSSR count). The number of rotatable bonds is 4. The zero-order valence-corrected chi connectivity index (χ0v) is 12.9. The van der Waals surface area contributed by atoms with Gasteiger partial charge in [0.2, 0.25) is 5.91 Å². The number of aryl methyl sites for hydroxylation is 1. The molecule has 0 aliphatic heterocycles. The normalized spacial score (nSPS) is 10.7. The van der Waals surface area contributed by atoms with E-state index in [9.17, 15) is 9.59 Å². The smallest absolute Gasteiger partial charge is 0.326 e. The topological polar surface area (TPSA) is 76.1 Å². The van der Waals surface area contributed by atoms with Crippen LogP contribution in [0, 0.1) is 0 Å². The highest BCUT2D eigenvalue weighted by Crippen LogP contribution is 2.17. The average molecular weight is 311 g/mol. The first-order valence-corrected chi connectivity index (χ1v) is 7.18. The van der Waals surface area contributed by atoms with Crippen molar-refractivity contribution in [1.29, 1.82) is 0 Å². The molecule has 2 aromatic carbocycles. The monoisotopic (exact) mass is 311 g/mol. The molecule has 0 fully saturated rings. The van der Waals surface area contributed by atoms with Crippen LogP contribution in [0.2, 0.25) is 0 Å². The maximum atomic E-state index is 12.1. The quantitative estimate of drug-likeness (QED) is 0.774. The van der Waals surface area contributed by atoms with Crippen LogP contribution in [-0.4, -0.2) is 22.6 Å². The largest absolute Gasteiger partial charge is 0.497 e. The fourth-order valence-corrected chi connectivity index (χ4v) is 2.45. The van der Waals surface area contributed by atoms with E-state index in [1.165, 1.54) is 4.57 Å². The van der Waals surface area contributed by atoms with Crippen LogP contribution in [0.1, 0.15) is 5.56 Å². The summed E-state index contributed by atoms with van der Waals surface area (Å²) in [6, 6.07) is 12.7. The molecule has 0 radical (unpaired) electrons. The predicted molar refractivity (Wildman–Crippen MR) is 88.9 cm³/mol. The summed E-state index contributed by atoms with van der Waals surface area (Å²) in [7, 11) is 3.30. The van der Waals surface area contributed by atoms with E-state index in [1.54, 1.807) is 32.4 Å². The van der Waals surface area contributed by atoms with Crippen LogP contribution in [0.3, 0.4) is 0 Å². The molecule has 23 heavy (non-hydrogen) atoms. The van der Waals surface area contributed by atoms with Gasteiger partial charge in [0.15, 0.2) is 0 Å². The lowest BCUT2D eigenvalue weighted by molar-refractivity contribution is -0.115. The van der Waals surface area contributed by atoms with Crippen molar-refractivity contribution in [2.45, 2.75) is 6.42 Å². The fourth-order valence-electron chi connectivity index (χ4n) is 2.45. The van der Waals surface area contributed by atoms with E-state index in [0.29, 0.717) is 11.2 Å². The number of anilines is 1. The number of fused-ring (bicyclic) bond motifs is 1. The number of nitrogens with one attached hydrogen (secondary N) is 2. The van der Waals surface area contributed by atoms with E-state index >= 15 is 0 Å². The number of imidazole rings is 1. The lowest BCUT2D eigenvalue weighted by Crippen LogP contribution is -2.14. The van der Waals surface area contributed by atoms with Crippen molar-refractivity contribution in [2.24, 2.45) is 7.05 Å². The number of carbonyl (C=O) groups is 1. The Balaban J connectivity index is 1.73. The number of hydrogen-bond acceptors (Lipinski definition) is 3. The van der Waals surface area contributed by atoms with Gasteiger partial charge in [0.25, 0.3) is 0 Å². The lowest BCUT2D eigenvalue weighted by atomic mass is 10.1. The number of carbonyl (C=O) groups excluding carboxylic acids is 1. The van der Waals surface area contributed by atoms with Gasteiger partial charge < -0.3 is 15.0 Å². The Morgan fingerprint density at radius 1 is 1.22 bits per heavy atom.